The molecular formula is C23H22ClF2N5O5. The Labute approximate surface area is 208 Å². The van der Waals surface area contributed by atoms with Crippen LogP contribution in [0.3, 0.4) is 0 Å². The predicted molar refractivity (Wildman–Crippen MR) is 123 cm³/mol. The molecule has 2 aromatic heterocycles. The number of halogens is 3. The summed E-state index contributed by atoms with van der Waals surface area (Å²) < 4.78 is 29.0. The van der Waals surface area contributed by atoms with Gasteiger partial charge in [-0.25, -0.2) is 8.78 Å². The van der Waals surface area contributed by atoms with E-state index in [1.165, 1.54) is 10.8 Å². The van der Waals surface area contributed by atoms with E-state index in [4.69, 9.17) is 16.4 Å². The molecule has 3 aliphatic heterocycles. The van der Waals surface area contributed by atoms with Crippen LogP contribution in [0.1, 0.15) is 65.7 Å². The number of rotatable bonds is 3. The molecule has 1 saturated heterocycles. The lowest BCUT2D eigenvalue weighted by Crippen LogP contribution is -2.52. The minimum Gasteiger partial charge on any atom is -0.503 e. The molecule has 3 aliphatic rings. The molecule has 0 saturated carbocycles. The smallest absolute Gasteiger partial charge is 0.274 e. The fourth-order valence-electron chi connectivity index (χ4n) is 5.15. The maximum atomic E-state index is 14.2. The van der Waals surface area contributed by atoms with Crippen molar-refractivity contribution in [2.75, 3.05) is 6.54 Å². The summed E-state index contributed by atoms with van der Waals surface area (Å²) in [6, 6.07) is -0.704. The van der Waals surface area contributed by atoms with Crippen molar-refractivity contribution in [2.24, 2.45) is 5.16 Å². The first-order chi connectivity index (χ1) is 17.0. The van der Waals surface area contributed by atoms with Gasteiger partial charge in [0.25, 0.3) is 11.8 Å². The van der Waals surface area contributed by atoms with Crippen LogP contribution in [0.4, 0.5) is 8.78 Å². The Morgan fingerprint density at radius 2 is 2.14 bits per heavy atom. The van der Waals surface area contributed by atoms with Crippen LogP contribution >= 0.6 is 11.6 Å². The maximum absolute atomic E-state index is 14.2. The van der Waals surface area contributed by atoms with Crippen LogP contribution in [-0.2, 0) is 11.4 Å². The molecule has 3 atom stereocenters. The summed E-state index contributed by atoms with van der Waals surface area (Å²) in [4.78, 5) is 50.2. The molecule has 5 rings (SSSR count). The molecule has 10 nitrogen and oxygen atoms in total. The largest absolute Gasteiger partial charge is 0.503 e. The van der Waals surface area contributed by atoms with Gasteiger partial charge < -0.3 is 24.7 Å². The first-order valence-corrected chi connectivity index (χ1v) is 11.7. The molecule has 5 heterocycles. The average molecular weight is 522 g/mol. The quantitative estimate of drug-likeness (QED) is 0.639. The first-order valence-electron chi connectivity index (χ1n) is 11.3. The second-order valence-electron chi connectivity index (χ2n) is 9.36. The fourth-order valence-corrected chi connectivity index (χ4v) is 5.31. The van der Waals surface area contributed by atoms with Crippen LogP contribution in [0.2, 0.25) is 5.02 Å². The molecule has 0 radical (unpaired) electrons. The molecule has 190 valence electrons. The van der Waals surface area contributed by atoms with Crippen molar-refractivity contribution in [3.63, 3.8) is 0 Å². The van der Waals surface area contributed by atoms with E-state index in [0.29, 0.717) is 25.5 Å². The van der Waals surface area contributed by atoms with E-state index in [9.17, 15) is 28.3 Å². The Balaban J connectivity index is 1.54. The molecule has 1 spiro atoms. The van der Waals surface area contributed by atoms with Crippen LogP contribution in [0, 0.1) is 11.6 Å². The number of nitrogens with one attached hydrogen (secondary N) is 1. The third-order valence-electron chi connectivity index (χ3n) is 7.09. The van der Waals surface area contributed by atoms with Gasteiger partial charge in [0.1, 0.15) is 10.6 Å². The molecule has 3 unspecified atom stereocenters. The molecule has 2 aromatic rings. The van der Waals surface area contributed by atoms with E-state index >= 15 is 0 Å². The number of oxime groups is 1. The van der Waals surface area contributed by atoms with Gasteiger partial charge in [-0.3, -0.25) is 19.4 Å². The highest BCUT2D eigenvalue weighted by Gasteiger charge is 2.53. The summed E-state index contributed by atoms with van der Waals surface area (Å²) >= 11 is 5.55. The third-order valence-corrected chi connectivity index (χ3v) is 7.44. The minimum absolute atomic E-state index is 0.167. The normalized spacial score (nSPS) is 24.8. The van der Waals surface area contributed by atoms with Crippen molar-refractivity contribution in [3.05, 3.63) is 56.2 Å². The second kappa shape index (κ2) is 8.54. The Hall–Kier alpha value is -3.54. The first kappa shape index (κ1) is 24.2. The molecular weight excluding hydrogens is 500 g/mol. The molecule has 0 aromatic carbocycles. The van der Waals surface area contributed by atoms with Gasteiger partial charge in [0.2, 0.25) is 5.43 Å². The van der Waals surface area contributed by atoms with Crippen LogP contribution in [0.15, 0.2) is 22.3 Å². The lowest BCUT2D eigenvalue weighted by atomic mass is 9.84. The van der Waals surface area contributed by atoms with Gasteiger partial charge >= 0.3 is 0 Å². The Bertz CT molecular complexity index is 1400. The van der Waals surface area contributed by atoms with E-state index in [-0.39, 0.29) is 24.0 Å². The number of aromatic hydroxyl groups is 1. The number of hydrogen-bond acceptors (Lipinski definition) is 7. The lowest BCUT2D eigenvalue weighted by molar-refractivity contribution is -0.0655. The van der Waals surface area contributed by atoms with E-state index in [1.807, 2.05) is 13.8 Å². The summed E-state index contributed by atoms with van der Waals surface area (Å²) in [5.41, 5.74) is -2.15. The number of aromatic nitrogens is 2. The Morgan fingerprint density at radius 1 is 1.39 bits per heavy atom. The fraction of sp³-hybridized carbons (Fsp3) is 0.435. The summed E-state index contributed by atoms with van der Waals surface area (Å²) in [5.74, 6) is -4.54. The highest BCUT2D eigenvalue weighted by atomic mass is 35.5. The molecule has 1 fully saturated rings. The molecule has 36 heavy (non-hydrogen) atoms. The lowest BCUT2D eigenvalue weighted by Gasteiger charge is -2.41. The van der Waals surface area contributed by atoms with Crippen LogP contribution in [0.5, 0.6) is 5.75 Å². The van der Waals surface area contributed by atoms with Gasteiger partial charge in [-0.2, -0.15) is 0 Å². The van der Waals surface area contributed by atoms with Crippen LogP contribution < -0.4 is 10.7 Å². The number of hydrogen-bond donors (Lipinski definition) is 2. The third kappa shape index (κ3) is 3.62. The van der Waals surface area contributed by atoms with Gasteiger partial charge in [0, 0.05) is 25.2 Å². The molecule has 2 bridgehead atoms. The summed E-state index contributed by atoms with van der Waals surface area (Å²) in [6.07, 6.45) is 3.59. The number of fused-ring (bicyclic) bond motifs is 5. The zero-order valence-electron chi connectivity index (χ0n) is 19.3. The highest BCUT2D eigenvalue weighted by molar-refractivity contribution is 6.30. The SMILES string of the molecule is CC1=NOC2(CCC(C)N3CC2n2cc(C(=O)NCc4ncc(F)c(Cl)c4F)c(=O)c(O)c2C3=O)C1. The van der Waals surface area contributed by atoms with Gasteiger partial charge in [-0.15, -0.1) is 0 Å². The van der Waals surface area contributed by atoms with E-state index in [2.05, 4.69) is 15.5 Å². The van der Waals surface area contributed by atoms with Crippen molar-refractivity contribution < 1.29 is 28.3 Å². The van der Waals surface area contributed by atoms with Gasteiger partial charge in [-0.1, -0.05) is 16.8 Å². The van der Waals surface area contributed by atoms with Crippen molar-refractivity contribution in [1.82, 2.24) is 19.8 Å². The van der Waals surface area contributed by atoms with Gasteiger partial charge in [-0.05, 0) is 26.7 Å². The van der Waals surface area contributed by atoms with E-state index < -0.39 is 63.4 Å². The Morgan fingerprint density at radius 3 is 2.83 bits per heavy atom. The van der Waals surface area contributed by atoms with Gasteiger partial charge in [0.15, 0.2) is 28.7 Å². The molecule has 0 aliphatic carbocycles. The van der Waals surface area contributed by atoms with Crippen molar-refractivity contribution >= 4 is 29.1 Å². The second-order valence-corrected chi connectivity index (χ2v) is 9.74. The van der Waals surface area contributed by atoms with E-state index in [1.54, 1.807) is 4.90 Å². The standard InChI is InChI=1S/C23H22ClF2N5O5/c1-10-5-23(36-29-10)4-3-11(2)30-9-15(23)31-8-12(19(32)20(33)18(31)22(30)35)21(34)28-7-14-17(26)16(24)13(25)6-27-14/h6,8,11,15,33H,3-5,7,9H2,1-2H3,(H,28,34). The number of carbonyl (C=O) groups is 2. The topological polar surface area (TPSA) is 126 Å². The molecule has 2 N–H and O–H groups in total. The summed E-state index contributed by atoms with van der Waals surface area (Å²) in [5, 5.41) is 16.5. The van der Waals surface area contributed by atoms with Crippen molar-refractivity contribution in [2.45, 2.75) is 57.3 Å². The average Bonchev–Trinajstić information content (AvgIpc) is 3.18. The zero-order chi connectivity index (χ0) is 25.9. The number of carbonyl (C=O) groups excluding carboxylic acids is 2. The van der Waals surface area contributed by atoms with Crippen LogP contribution in [0.25, 0.3) is 0 Å². The van der Waals surface area contributed by atoms with E-state index in [0.717, 1.165) is 5.71 Å². The van der Waals surface area contributed by atoms with Crippen molar-refractivity contribution in [1.29, 1.82) is 0 Å². The van der Waals surface area contributed by atoms with Gasteiger partial charge in [0.05, 0.1) is 30.2 Å². The number of amides is 2. The molecule has 13 heteroatoms. The Kier molecular flexibility index (Phi) is 5.73. The van der Waals surface area contributed by atoms with Crippen LogP contribution in [-0.4, -0.2) is 55.3 Å². The van der Waals surface area contributed by atoms with Crippen molar-refractivity contribution in [3.8, 4) is 5.75 Å². The summed E-state index contributed by atoms with van der Waals surface area (Å²) in [7, 11) is 0. The summed E-state index contributed by atoms with van der Waals surface area (Å²) in [6.45, 7) is 3.45. The zero-order valence-corrected chi connectivity index (χ0v) is 20.1. The number of nitrogens with zero attached hydrogens (tertiary/aromatic N) is 4. The molecule has 2 amide bonds. The maximum Gasteiger partial charge on any atom is 0.274 e. The minimum atomic E-state index is -1.14. The predicted octanol–water partition coefficient (Wildman–Crippen LogP) is 2.52. The number of pyridine rings is 2. The monoisotopic (exact) mass is 521 g/mol. The highest BCUT2D eigenvalue weighted by Crippen LogP contribution is 2.46.